The molecule has 1 saturated heterocycles. The van der Waals surface area contributed by atoms with E-state index in [4.69, 9.17) is 9.10 Å². The molecule has 4 fully saturated rings. The molecule has 8 nitrogen and oxygen atoms in total. The number of carbonyl (C=O) groups excluding carboxylic acids is 1. The molecule has 1 aliphatic heterocycles. The molecule has 0 aromatic carbocycles. The van der Waals surface area contributed by atoms with Crippen molar-refractivity contribution in [1.82, 2.24) is 31.1 Å². The second-order valence-electron chi connectivity index (χ2n) is 8.88. The van der Waals surface area contributed by atoms with Gasteiger partial charge in [-0.15, -0.1) is 11.3 Å². The van der Waals surface area contributed by atoms with Crippen molar-refractivity contribution >= 4 is 27.3 Å². The number of Topliss-reactive ketones (excluding diaryl/α,β-unsaturated/α-hetero) is 1. The maximum atomic E-state index is 13.4. The summed E-state index contributed by atoms with van der Waals surface area (Å²) in [4.78, 5) is 31.3. The zero-order valence-corrected chi connectivity index (χ0v) is 17.7. The molecular weight excluding hydrogens is 388 g/mol. The first-order valence-electron chi connectivity index (χ1n) is 11.6. The number of fused-ring (bicyclic) bond motifs is 4. The zero-order chi connectivity index (χ0) is 23.1. The zero-order valence-electron chi connectivity index (χ0n) is 19.9. The van der Waals surface area contributed by atoms with Gasteiger partial charge in [0.2, 0.25) is 0 Å². The van der Waals surface area contributed by atoms with E-state index in [9.17, 15) is 9.59 Å². The first kappa shape index (κ1) is 16.1. The topological polar surface area (TPSA) is 91.3 Å². The number of hydrogen-bond donors (Lipinski definition) is 3. The summed E-state index contributed by atoms with van der Waals surface area (Å²) in [5.41, 5.74) is 9.17. The number of rotatable bonds is 3. The van der Waals surface area contributed by atoms with Gasteiger partial charge in [0.1, 0.15) is 10.5 Å². The Morgan fingerprint density at radius 3 is 2.52 bits per heavy atom. The molecule has 0 spiro atoms. The lowest BCUT2D eigenvalue weighted by Crippen LogP contribution is -2.57. The third kappa shape index (κ3) is 2.61. The lowest BCUT2D eigenvalue weighted by molar-refractivity contribution is -0.0371. The third-order valence-corrected chi connectivity index (χ3v) is 8.51. The van der Waals surface area contributed by atoms with Crippen molar-refractivity contribution < 1.29 is 8.91 Å². The first-order chi connectivity index (χ1) is 15.0. The van der Waals surface area contributed by atoms with Crippen LogP contribution in [0.2, 0.25) is 0 Å². The highest BCUT2D eigenvalue weighted by molar-refractivity contribution is 7.19. The van der Waals surface area contributed by atoms with E-state index in [1.807, 2.05) is 12.1 Å². The van der Waals surface area contributed by atoms with Gasteiger partial charge in [-0.25, -0.2) is 15.4 Å². The number of carbonyl (C=O) groups is 1. The molecule has 3 heterocycles. The minimum atomic E-state index is -2.64. The standard InChI is InChI=1S/C20H28N6O2S/c1-11(27)13-12(2)29-15-14(13)21-17(25(3)16(15)28)19-5-8-20(9-6-19,10-7-19)18-22-23-24-26(18)4/h18,22-24H,5-10H2,1-4H3/i3D3. The molecule has 29 heavy (non-hydrogen) atoms. The molecule has 0 amide bonds. The molecule has 156 valence electrons. The molecule has 9 heteroatoms. The van der Waals surface area contributed by atoms with Crippen molar-refractivity contribution in [2.45, 2.75) is 64.0 Å². The summed E-state index contributed by atoms with van der Waals surface area (Å²) in [6.07, 6.45) is 5.09. The van der Waals surface area contributed by atoms with Crippen molar-refractivity contribution in [3.8, 4) is 0 Å². The van der Waals surface area contributed by atoms with Crippen LogP contribution in [0.4, 0.5) is 0 Å². The predicted octanol–water partition coefficient (Wildman–Crippen LogP) is 1.88. The van der Waals surface area contributed by atoms with E-state index in [1.54, 1.807) is 6.92 Å². The Morgan fingerprint density at radius 1 is 1.28 bits per heavy atom. The van der Waals surface area contributed by atoms with Gasteiger partial charge in [0.15, 0.2) is 5.78 Å². The Morgan fingerprint density at radius 2 is 1.97 bits per heavy atom. The normalized spacial score (nSPS) is 34.3. The van der Waals surface area contributed by atoms with Crippen LogP contribution < -0.4 is 22.1 Å². The number of hydrazine groups is 3. The van der Waals surface area contributed by atoms with Gasteiger partial charge in [-0.3, -0.25) is 14.2 Å². The number of aromatic nitrogens is 2. The highest BCUT2D eigenvalue weighted by Crippen LogP contribution is 2.59. The van der Waals surface area contributed by atoms with Crippen molar-refractivity contribution in [2.75, 3.05) is 7.05 Å². The van der Waals surface area contributed by atoms with Crippen LogP contribution in [0, 0.1) is 12.3 Å². The number of nitrogens with one attached hydrogen (secondary N) is 3. The Kier molecular flexibility index (Phi) is 3.56. The van der Waals surface area contributed by atoms with Gasteiger partial charge in [-0.05, 0) is 52.4 Å². The van der Waals surface area contributed by atoms with Gasteiger partial charge in [0.25, 0.3) is 5.56 Å². The van der Waals surface area contributed by atoms with E-state index in [1.165, 1.54) is 6.92 Å². The second-order valence-corrected chi connectivity index (χ2v) is 10.1. The molecule has 1 unspecified atom stereocenters. The molecule has 0 radical (unpaired) electrons. The summed E-state index contributed by atoms with van der Waals surface area (Å²) in [6.45, 7) is 0.610. The lowest BCUT2D eigenvalue weighted by atomic mass is 9.52. The summed E-state index contributed by atoms with van der Waals surface area (Å²) in [5.74, 6) is 0.171. The van der Waals surface area contributed by atoms with Crippen LogP contribution >= 0.6 is 11.3 Å². The lowest BCUT2D eigenvalue weighted by Gasteiger charge is -2.55. The van der Waals surface area contributed by atoms with Gasteiger partial charge in [-0.2, -0.15) is 11.1 Å². The fourth-order valence-corrected chi connectivity index (χ4v) is 6.85. The Balaban J connectivity index is 1.65. The molecule has 1 atom stereocenters. The van der Waals surface area contributed by atoms with Crippen LogP contribution in [-0.2, 0) is 12.4 Å². The summed E-state index contributed by atoms with van der Waals surface area (Å²) in [7, 11) is 1.99. The monoisotopic (exact) mass is 419 g/mol. The van der Waals surface area contributed by atoms with E-state index in [0.717, 1.165) is 54.4 Å². The first-order valence-corrected chi connectivity index (χ1v) is 10.9. The van der Waals surface area contributed by atoms with Crippen LogP contribution in [0.15, 0.2) is 4.79 Å². The average molecular weight is 420 g/mol. The van der Waals surface area contributed by atoms with Gasteiger partial charge < -0.3 is 0 Å². The number of ketones is 1. The maximum absolute atomic E-state index is 13.4. The summed E-state index contributed by atoms with van der Waals surface area (Å²) in [6, 6.07) is 0. The molecule has 4 aliphatic rings. The van der Waals surface area contributed by atoms with Crippen molar-refractivity contribution in [3.05, 3.63) is 26.6 Å². The van der Waals surface area contributed by atoms with E-state index in [-0.39, 0.29) is 22.1 Å². The van der Waals surface area contributed by atoms with Gasteiger partial charge in [0, 0.05) is 33.8 Å². The Hall–Kier alpha value is -1.65. The smallest absolute Gasteiger partial charge is 0.271 e. The molecule has 2 aromatic heterocycles. The largest absolute Gasteiger partial charge is 0.298 e. The summed E-state index contributed by atoms with van der Waals surface area (Å²) >= 11 is 1.16. The quantitative estimate of drug-likeness (QED) is 0.655. The minimum absolute atomic E-state index is 0.0612. The van der Waals surface area contributed by atoms with Gasteiger partial charge >= 0.3 is 0 Å². The highest BCUT2D eigenvalue weighted by atomic mass is 32.1. The second kappa shape index (κ2) is 6.42. The minimum Gasteiger partial charge on any atom is -0.298 e. The van der Waals surface area contributed by atoms with E-state index >= 15 is 0 Å². The van der Waals surface area contributed by atoms with Crippen LogP contribution in [0.25, 0.3) is 10.2 Å². The number of thiophene rings is 1. The van der Waals surface area contributed by atoms with E-state index in [0.29, 0.717) is 21.8 Å². The number of aryl methyl sites for hydroxylation is 1. The Bertz CT molecular complexity index is 1150. The molecule has 3 saturated carbocycles. The van der Waals surface area contributed by atoms with E-state index in [2.05, 4.69) is 16.5 Å². The average Bonchev–Trinajstić information content (AvgIpc) is 3.31. The van der Waals surface area contributed by atoms with Crippen LogP contribution in [0.5, 0.6) is 0 Å². The third-order valence-electron chi connectivity index (χ3n) is 7.43. The van der Waals surface area contributed by atoms with Gasteiger partial charge in [0.05, 0.1) is 17.2 Å². The fourth-order valence-electron chi connectivity index (χ4n) is 5.78. The van der Waals surface area contributed by atoms with Gasteiger partial charge in [-0.1, -0.05) is 0 Å². The number of hydrogen-bond acceptors (Lipinski definition) is 8. The maximum Gasteiger partial charge on any atom is 0.271 e. The predicted molar refractivity (Wildman–Crippen MR) is 112 cm³/mol. The highest BCUT2D eigenvalue weighted by Gasteiger charge is 2.55. The molecule has 3 N–H and O–H groups in total. The molecule has 2 aromatic rings. The SMILES string of the molecule is [2H]C([2H])([2H])n1c(C23CCC(C4NNNN4C)(CC2)CC3)nc2c(C(C)=O)c(C)sc2c1=O. The molecule has 2 bridgehead atoms. The van der Waals surface area contributed by atoms with Crippen LogP contribution in [0.3, 0.4) is 0 Å². The van der Waals surface area contributed by atoms with Crippen LogP contribution in [-0.4, -0.2) is 33.6 Å². The van der Waals surface area contributed by atoms with Crippen molar-refractivity contribution in [1.29, 1.82) is 0 Å². The van der Waals surface area contributed by atoms with Crippen molar-refractivity contribution in [3.63, 3.8) is 0 Å². The molecule has 3 aliphatic carbocycles. The fraction of sp³-hybridized carbons (Fsp3) is 0.650. The molecule has 6 rings (SSSR count). The summed E-state index contributed by atoms with van der Waals surface area (Å²) in [5, 5.41) is 2.04. The van der Waals surface area contributed by atoms with Crippen molar-refractivity contribution in [2.24, 2.45) is 12.4 Å². The van der Waals surface area contributed by atoms with Crippen LogP contribution in [0.1, 0.15) is 70.6 Å². The number of nitrogens with zero attached hydrogens (tertiary/aromatic N) is 3. The molecular formula is C20H28N6O2S. The summed E-state index contributed by atoms with van der Waals surface area (Å²) < 4.78 is 25.6. The van der Waals surface area contributed by atoms with E-state index < -0.39 is 18.0 Å². The Labute approximate surface area is 177 Å².